The van der Waals surface area contributed by atoms with Gasteiger partial charge in [-0.3, -0.25) is 0 Å². The Morgan fingerprint density at radius 1 is 1.30 bits per heavy atom. The SMILES string of the molecule is CCCOc1ccc(CNC(C)C)c(OC/C=C/Cl)c1. The maximum Gasteiger partial charge on any atom is 0.127 e. The molecule has 0 atom stereocenters. The van der Waals surface area contributed by atoms with Crippen molar-refractivity contribution in [2.75, 3.05) is 13.2 Å². The van der Waals surface area contributed by atoms with E-state index in [1.165, 1.54) is 5.54 Å². The van der Waals surface area contributed by atoms with E-state index >= 15 is 0 Å². The molecule has 0 aromatic heterocycles. The Kier molecular flexibility index (Phi) is 8.16. The van der Waals surface area contributed by atoms with Crippen molar-refractivity contribution in [3.05, 3.63) is 35.4 Å². The molecule has 4 heteroatoms. The summed E-state index contributed by atoms with van der Waals surface area (Å²) in [7, 11) is 0. The van der Waals surface area contributed by atoms with Crippen LogP contribution in [-0.2, 0) is 6.54 Å². The van der Waals surface area contributed by atoms with Gasteiger partial charge >= 0.3 is 0 Å². The fourth-order valence-corrected chi connectivity index (χ4v) is 1.69. The van der Waals surface area contributed by atoms with Gasteiger partial charge in [0.1, 0.15) is 18.1 Å². The molecule has 1 rings (SSSR count). The minimum atomic E-state index is 0.432. The summed E-state index contributed by atoms with van der Waals surface area (Å²) < 4.78 is 11.4. The molecule has 0 fully saturated rings. The van der Waals surface area contributed by atoms with Crippen molar-refractivity contribution in [2.24, 2.45) is 0 Å². The van der Waals surface area contributed by atoms with E-state index < -0.39 is 0 Å². The second-order valence-corrected chi connectivity index (χ2v) is 5.08. The van der Waals surface area contributed by atoms with Gasteiger partial charge in [-0.2, -0.15) is 0 Å². The number of ether oxygens (including phenoxy) is 2. The van der Waals surface area contributed by atoms with E-state index in [1.54, 1.807) is 6.08 Å². The van der Waals surface area contributed by atoms with Gasteiger partial charge in [0.05, 0.1) is 6.61 Å². The number of rotatable bonds is 9. The summed E-state index contributed by atoms with van der Waals surface area (Å²) in [6, 6.07) is 6.40. The molecule has 0 aliphatic rings. The molecule has 1 aromatic rings. The lowest BCUT2D eigenvalue weighted by molar-refractivity contribution is 0.311. The molecule has 0 saturated heterocycles. The lowest BCUT2D eigenvalue weighted by atomic mass is 10.2. The predicted octanol–water partition coefficient (Wildman–Crippen LogP) is 4.10. The fraction of sp³-hybridized carbons (Fsp3) is 0.500. The molecular weight excluding hydrogens is 274 g/mol. The minimum Gasteiger partial charge on any atom is -0.493 e. The molecule has 112 valence electrons. The molecule has 0 aliphatic heterocycles. The van der Waals surface area contributed by atoms with Crippen molar-refractivity contribution in [2.45, 2.75) is 39.8 Å². The molecule has 1 aromatic carbocycles. The third-order valence-electron chi connectivity index (χ3n) is 2.64. The average Bonchev–Trinajstić information content (AvgIpc) is 2.44. The molecule has 0 spiro atoms. The fourth-order valence-electron chi connectivity index (χ4n) is 1.61. The first-order valence-electron chi connectivity index (χ1n) is 7.04. The molecule has 0 bridgehead atoms. The first-order chi connectivity index (χ1) is 9.67. The number of hydrogen-bond donors (Lipinski definition) is 1. The van der Waals surface area contributed by atoms with Crippen LogP contribution >= 0.6 is 11.6 Å². The maximum atomic E-state index is 5.74. The monoisotopic (exact) mass is 297 g/mol. The standard InChI is InChI=1S/C16H24ClNO2/c1-4-9-19-15-7-6-14(12-18-13(2)3)16(11-15)20-10-5-8-17/h5-8,11,13,18H,4,9-10,12H2,1-3H3/b8-5+. The largest absolute Gasteiger partial charge is 0.493 e. The summed E-state index contributed by atoms with van der Waals surface area (Å²) in [6.07, 6.45) is 2.75. The predicted molar refractivity (Wildman–Crippen MR) is 84.7 cm³/mol. The number of halogens is 1. The van der Waals surface area contributed by atoms with E-state index in [-0.39, 0.29) is 0 Å². The van der Waals surface area contributed by atoms with Crippen LogP contribution < -0.4 is 14.8 Å². The van der Waals surface area contributed by atoms with Crippen molar-refractivity contribution in [3.8, 4) is 11.5 Å². The van der Waals surface area contributed by atoms with E-state index in [1.807, 2.05) is 18.2 Å². The van der Waals surface area contributed by atoms with Gasteiger partial charge in [-0.05, 0) is 18.6 Å². The van der Waals surface area contributed by atoms with Gasteiger partial charge in [-0.1, -0.05) is 38.4 Å². The summed E-state index contributed by atoms with van der Waals surface area (Å²) >= 11 is 5.51. The summed E-state index contributed by atoms with van der Waals surface area (Å²) in [4.78, 5) is 0. The van der Waals surface area contributed by atoms with Gasteiger partial charge in [-0.15, -0.1) is 0 Å². The van der Waals surface area contributed by atoms with Crippen LogP contribution in [0, 0.1) is 0 Å². The van der Waals surface area contributed by atoms with Crippen molar-refractivity contribution in [3.63, 3.8) is 0 Å². The first kappa shape index (κ1) is 16.9. The van der Waals surface area contributed by atoms with Gasteiger partial charge in [-0.25, -0.2) is 0 Å². The van der Waals surface area contributed by atoms with Crippen LogP contribution in [0.25, 0.3) is 0 Å². The van der Waals surface area contributed by atoms with Crippen LogP contribution in [0.2, 0.25) is 0 Å². The maximum absolute atomic E-state index is 5.74. The van der Waals surface area contributed by atoms with Crippen molar-refractivity contribution < 1.29 is 9.47 Å². The van der Waals surface area contributed by atoms with Gasteiger partial charge in [0.2, 0.25) is 0 Å². The van der Waals surface area contributed by atoms with E-state index in [0.29, 0.717) is 19.3 Å². The molecular formula is C16H24ClNO2. The number of benzene rings is 1. The lowest BCUT2D eigenvalue weighted by Crippen LogP contribution is -2.22. The summed E-state index contributed by atoms with van der Waals surface area (Å²) in [5, 5.41) is 3.39. The molecule has 1 N–H and O–H groups in total. The highest BCUT2D eigenvalue weighted by Crippen LogP contribution is 2.25. The number of nitrogens with one attached hydrogen (secondary N) is 1. The zero-order valence-corrected chi connectivity index (χ0v) is 13.2. The summed E-state index contributed by atoms with van der Waals surface area (Å²) in [5.74, 6) is 1.67. The highest BCUT2D eigenvalue weighted by molar-refractivity contribution is 6.25. The van der Waals surface area contributed by atoms with Crippen LogP contribution in [0.15, 0.2) is 29.8 Å². The van der Waals surface area contributed by atoms with Gasteiger partial charge < -0.3 is 14.8 Å². The highest BCUT2D eigenvalue weighted by Gasteiger charge is 2.06. The Hall–Kier alpha value is -1.19. The third kappa shape index (κ3) is 6.31. The second kappa shape index (κ2) is 9.67. The topological polar surface area (TPSA) is 30.5 Å². The average molecular weight is 298 g/mol. The molecule has 0 radical (unpaired) electrons. The second-order valence-electron chi connectivity index (χ2n) is 4.83. The molecule has 0 heterocycles. The third-order valence-corrected chi connectivity index (χ3v) is 2.81. The van der Waals surface area contributed by atoms with Crippen LogP contribution in [0.4, 0.5) is 0 Å². The van der Waals surface area contributed by atoms with Crippen LogP contribution in [-0.4, -0.2) is 19.3 Å². The Morgan fingerprint density at radius 3 is 2.75 bits per heavy atom. The highest BCUT2D eigenvalue weighted by atomic mass is 35.5. The lowest BCUT2D eigenvalue weighted by Gasteiger charge is -2.14. The zero-order chi connectivity index (χ0) is 14.8. The Morgan fingerprint density at radius 2 is 2.10 bits per heavy atom. The molecule has 0 saturated carbocycles. The van der Waals surface area contributed by atoms with Crippen LogP contribution in [0.1, 0.15) is 32.8 Å². The van der Waals surface area contributed by atoms with E-state index in [9.17, 15) is 0 Å². The molecule has 0 amide bonds. The van der Waals surface area contributed by atoms with Gasteiger partial charge in [0.15, 0.2) is 0 Å². The van der Waals surface area contributed by atoms with Crippen LogP contribution in [0.3, 0.4) is 0 Å². The van der Waals surface area contributed by atoms with E-state index in [4.69, 9.17) is 21.1 Å². The number of hydrogen-bond acceptors (Lipinski definition) is 3. The van der Waals surface area contributed by atoms with E-state index in [2.05, 4.69) is 26.1 Å². The normalized spacial score (nSPS) is 11.2. The van der Waals surface area contributed by atoms with Crippen molar-refractivity contribution >= 4 is 11.6 Å². The summed E-state index contributed by atoms with van der Waals surface area (Å²) in [5.41, 5.74) is 2.58. The van der Waals surface area contributed by atoms with Crippen molar-refractivity contribution in [1.29, 1.82) is 0 Å². The quantitative estimate of drug-likeness (QED) is 0.744. The Bertz CT molecular complexity index is 419. The van der Waals surface area contributed by atoms with Crippen LogP contribution in [0.5, 0.6) is 11.5 Å². The van der Waals surface area contributed by atoms with E-state index in [0.717, 1.165) is 30.0 Å². The van der Waals surface area contributed by atoms with Crippen molar-refractivity contribution in [1.82, 2.24) is 5.32 Å². The molecule has 0 unspecified atom stereocenters. The Balaban J connectivity index is 2.78. The zero-order valence-electron chi connectivity index (χ0n) is 12.5. The Labute approximate surface area is 126 Å². The van der Waals surface area contributed by atoms with Gasteiger partial charge in [0.25, 0.3) is 0 Å². The molecule has 3 nitrogen and oxygen atoms in total. The first-order valence-corrected chi connectivity index (χ1v) is 7.48. The summed E-state index contributed by atoms with van der Waals surface area (Å²) in [6.45, 7) is 8.26. The molecule has 0 aliphatic carbocycles. The van der Waals surface area contributed by atoms with Gasteiger partial charge in [0, 0.05) is 29.8 Å². The molecule has 20 heavy (non-hydrogen) atoms. The minimum absolute atomic E-state index is 0.432. The smallest absolute Gasteiger partial charge is 0.127 e.